The molecule has 0 radical (unpaired) electrons. The van der Waals surface area contributed by atoms with Crippen molar-refractivity contribution in [3.63, 3.8) is 0 Å². The quantitative estimate of drug-likeness (QED) is 0.527. The molecule has 0 unspecified atom stereocenters. The molecule has 0 heterocycles. The smallest absolute Gasteiger partial charge is 0.326 e. The van der Waals surface area contributed by atoms with E-state index in [0.29, 0.717) is 12.0 Å². The zero-order chi connectivity index (χ0) is 13.2. The van der Waals surface area contributed by atoms with Gasteiger partial charge in [-0.2, -0.15) is 0 Å². The normalized spacial score (nSPS) is 22.1. The van der Waals surface area contributed by atoms with E-state index >= 15 is 0 Å². The summed E-state index contributed by atoms with van der Waals surface area (Å²) in [6, 6.07) is -1.48. The maximum absolute atomic E-state index is 11.6. The Labute approximate surface area is 106 Å². The third-order valence-corrected chi connectivity index (χ3v) is 3.96. The lowest BCUT2D eigenvalue weighted by molar-refractivity contribution is -0.139. The third kappa shape index (κ3) is 3.13. The predicted octanol–water partition coefficient (Wildman–Crippen LogP) is 0.311. The van der Waals surface area contributed by atoms with Gasteiger partial charge in [0.1, 0.15) is 6.04 Å². The number of carboxylic acids is 1. The number of hydrogen-bond acceptors (Lipinski definition) is 3. The fraction of sp³-hybridized carbons (Fsp3) is 0.833. The number of aliphatic hydroxyl groups is 1. The van der Waals surface area contributed by atoms with E-state index in [9.17, 15) is 9.59 Å². The highest BCUT2D eigenvalue weighted by atomic mass is 16.4. The van der Waals surface area contributed by atoms with Gasteiger partial charge in [0.25, 0.3) is 0 Å². The first-order valence-electron chi connectivity index (χ1n) is 6.45. The summed E-state index contributed by atoms with van der Waals surface area (Å²) in [7, 11) is 0. The minimum absolute atomic E-state index is 0.0243. The molecule has 1 atom stereocenters. The average Bonchev–Trinajstić information content (AvgIpc) is 3.15. The number of aliphatic hydroxyl groups excluding tert-OH is 1. The Morgan fingerprint density at radius 3 is 2.44 bits per heavy atom. The van der Waals surface area contributed by atoms with E-state index in [-0.39, 0.29) is 13.0 Å². The minimum atomic E-state index is -1.12. The van der Waals surface area contributed by atoms with Crippen LogP contribution < -0.4 is 10.6 Å². The second-order valence-corrected chi connectivity index (χ2v) is 5.37. The fourth-order valence-electron chi connectivity index (χ4n) is 2.44. The molecule has 18 heavy (non-hydrogen) atoms. The maximum atomic E-state index is 11.6. The van der Waals surface area contributed by atoms with Gasteiger partial charge < -0.3 is 20.8 Å². The number of carboxylic acid groups (broad SMARTS) is 1. The van der Waals surface area contributed by atoms with E-state index in [1.165, 1.54) is 12.8 Å². The van der Waals surface area contributed by atoms with Crippen molar-refractivity contribution in [3.05, 3.63) is 0 Å². The van der Waals surface area contributed by atoms with Crippen LogP contribution >= 0.6 is 0 Å². The molecular formula is C12H20N2O4. The second-order valence-electron chi connectivity index (χ2n) is 5.37. The molecule has 0 aliphatic heterocycles. The second kappa shape index (κ2) is 5.14. The molecule has 0 aromatic carbocycles. The molecule has 2 aliphatic rings. The van der Waals surface area contributed by atoms with Gasteiger partial charge in [-0.3, -0.25) is 0 Å². The Morgan fingerprint density at radius 2 is 2.00 bits per heavy atom. The Balaban J connectivity index is 1.72. The van der Waals surface area contributed by atoms with Gasteiger partial charge in [0.15, 0.2) is 0 Å². The molecule has 6 nitrogen and oxygen atoms in total. The molecule has 0 aromatic rings. The van der Waals surface area contributed by atoms with Crippen molar-refractivity contribution in [1.29, 1.82) is 0 Å². The van der Waals surface area contributed by atoms with Crippen LogP contribution in [0.15, 0.2) is 0 Å². The molecule has 2 rings (SSSR count). The number of carbonyl (C=O) groups excluding carboxylic acids is 1. The number of rotatable bonds is 7. The van der Waals surface area contributed by atoms with Crippen molar-refractivity contribution < 1.29 is 19.8 Å². The minimum Gasteiger partial charge on any atom is -0.480 e. The number of nitrogens with one attached hydrogen (secondary N) is 2. The Kier molecular flexibility index (Phi) is 3.75. The van der Waals surface area contributed by atoms with Crippen LogP contribution in [0.1, 0.15) is 32.1 Å². The first kappa shape index (κ1) is 13.1. The van der Waals surface area contributed by atoms with Gasteiger partial charge in [-0.05, 0) is 37.0 Å². The monoisotopic (exact) mass is 256 g/mol. The van der Waals surface area contributed by atoms with Gasteiger partial charge in [-0.1, -0.05) is 0 Å². The largest absolute Gasteiger partial charge is 0.480 e. The molecule has 4 N–H and O–H groups in total. The van der Waals surface area contributed by atoms with Crippen LogP contribution in [0.2, 0.25) is 0 Å². The summed E-state index contributed by atoms with van der Waals surface area (Å²) >= 11 is 0. The highest BCUT2D eigenvalue weighted by molar-refractivity contribution is 5.82. The first-order chi connectivity index (χ1) is 8.57. The Hall–Kier alpha value is -1.30. The molecule has 0 spiro atoms. The molecule has 102 valence electrons. The highest BCUT2D eigenvalue weighted by Gasteiger charge is 2.53. The van der Waals surface area contributed by atoms with Crippen LogP contribution in [0.4, 0.5) is 4.79 Å². The molecular weight excluding hydrogens is 236 g/mol. The zero-order valence-electron chi connectivity index (χ0n) is 10.3. The summed E-state index contributed by atoms with van der Waals surface area (Å²) in [5.41, 5.74) is 0.299. The molecule has 0 saturated heterocycles. The van der Waals surface area contributed by atoms with Gasteiger partial charge in [0, 0.05) is 19.6 Å². The molecule has 2 amide bonds. The Bertz CT molecular complexity index is 337. The van der Waals surface area contributed by atoms with Crippen LogP contribution in [0, 0.1) is 11.3 Å². The lowest BCUT2D eigenvalue weighted by Crippen LogP contribution is -2.47. The summed E-state index contributed by atoms with van der Waals surface area (Å²) in [6.45, 7) is 0.373. The maximum Gasteiger partial charge on any atom is 0.326 e. The average molecular weight is 256 g/mol. The summed E-state index contributed by atoms with van der Waals surface area (Å²) < 4.78 is 0. The number of carbonyl (C=O) groups is 2. The van der Waals surface area contributed by atoms with E-state index in [4.69, 9.17) is 10.2 Å². The molecule has 0 aromatic heterocycles. The van der Waals surface area contributed by atoms with Gasteiger partial charge >= 0.3 is 12.0 Å². The molecule has 6 heteroatoms. The van der Waals surface area contributed by atoms with E-state index in [2.05, 4.69) is 10.6 Å². The van der Waals surface area contributed by atoms with Gasteiger partial charge in [-0.25, -0.2) is 9.59 Å². The van der Waals surface area contributed by atoms with Crippen molar-refractivity contribution >= 4 is 12.0 Å². The van der Waals surface area contributed by atoms with Crippen molar-refractivity contribution in [3.8, 4) is 0 Å². The molecule has 0 bridgehead atoms. The zero-order valence-corrected chi connectivity index (χ0v) is 10.3. The SMILES string of the molecule is O=C(NCC1(C2CC2)CC1)N[C@H](CCO)C(=O)O. The summed E-state index contributed by atoms with van der Waals surface area (Å²) in [4.78, 5) is 22.4. The molecule has 2 aliphatic carbocycles. The van der Waals surface area contributed by atoms with Gasteiger partial charge in [0.2, 0.25) is 0 Å². The number of urea groups is 1. The lowest BCUT2D eigenvalue weighted by atomic mass is 10.0. The first-order valence-corrected chi connectivity index (χ1v) is 6.45. The standard InChI is InChI=1S/C12H20N2O4/c15-6-3-9(10(16)17)14-11(18)13-7-12(4-5-12)8-1-2-8/h8-9,15H,1-7H2,(H,16,17)(H2,13,14,18)/t9-/m1/s1. The van der Waals surface area contributed by atoms with E-state index in [1.807, 2.05) is 0 Å². The summed E-state index contributed by atoms with van der Waals surface area (Å²) in [6.07, 6.45) is 4.86. The lowest BCUT2D eigenvalue weighted by Gasteiger charge is -2.18. The fourth-order valence-corrected chi connectivity index (χ4v) is 2.44. The third-order valence-electron chi connectivity index (χ3n) is 3.96. The van der Waals surface area contributed by atoms with Crippen molar-refractivity contribution in [2.45, 2.75) is 38.1 Å². The van der Waals surface area contributed by atoms with Crippen LogP contribution in [-0.4, -0.2) is 41.4 Å². The van der Waals surface area contributed by atoms with Crippen LogP contribution in [-0.2, 0) is 4.79 Å². The summed E-state index contributed by atoms with van der Waals surface area (Å²) in [5, 5.41) is 22.7. The van der Waals surface area contributed by atoms with Crippen LogP contribution in [0.5, 0.6) is 0 Å². The van der Waals surface area contributed by atoms with Gasteiger partial charge in [-0.15, -0.1) is 0 Å². The Morgan fingerprint density at radius 1 is 1.33 bits per heavy atom. The van der Waals surface area contributed by atoms with Crippen molar-refractivity contribution in [2.24, 2.45) is 11.3 Å². The van der Waals surface area contributed by atoms with E-state index < -0.39 is 18.0 Å². The molecule has 2 saturated carbocycles. The van der Waals surface area contributed by atoms with Crippen molar-refractivity contribution in [2.75, 3.05) is 13.2 Å². The van der Waals surface area contributed by atoms with Crippen molar-refractivity contribution in [1.82, 2.24) is 10.6 Å². The predicted molar refractivity (Wildman–Crippen MR) is 64.1 cm³/mol. The summed E-state index contributed by atoms with van der Waals surface area (Å²) in [5.74, 6) is -0.368. The van der Waals surface area contributed by atoms with E-state index in [0.717, 1.165) is 18.8 Å². The van der Waals surface area contributed by atoms with Gasteiger partial charge in [0.05, 0.1) is 0 Å². The van der Waals surface area contributed by atoms with Crippen LogP contribution in [0.3, 0.4) is 0 Å². The number of aliphatic carboxylic acids is 1. The van der Waals surface area contributed by atoms with E-state index in [1.54, 1.807) is 0 Å². The molecule has 2 fully saturated rings. The van der Waals surface area contributed by atoms with Crippen LogP contribution in [0.25, 0.3) is 0 Å². The number of amides is 2. The highest BCUT2D eigenvalue weighted by Crippen LogP contribution is 2.60. The topological polar surface area (TPSA) is 98.7 Å². The number of hydrogen-bond donors (Lipinski definition) is 4.